The Morgan fingerprint density at radius 2 is 2.56 bits per heavy atom. The Hall–Kier alpha value is -0.520. The summed E-state index contributed by atoms with van der Waals surface area (Å²) in [5.41, 5.74) is 1.38. The van der Waals surface area contributed by atoms with E-state index in [0.717, 1.165) is 12.3 Å². The lowest BCUT2D eigenvalue weighted by Crippen LogP contribution is -1.86. The van der Waals surface area contributed by atoms with E-state index < -0.39 is 0 Å². The summed E-state index contributed by atoms with van der Waals surface area (Å²) in [5.74, 6) is 0.768. The fourth-order valence-electron chi connectivity index (χ4n) is 1.10. The monoisotopic (exact) mass is 123 g/mol. The van der Waals surface area contributed by atoms with E-state index in [-0.39, 0.29) is 1.43 Å². The molecule has 1 aliphatic rings. The number of allylic oxidation sites excluding steroid dienone is 3. The summed E-state index contributed by atoms with van der Waals surface area (Å²) in [6.45, 7) is 6.22. The van der Waals surface area contributed by atoms with Gasteiger partial charge in [0.1, 0.15) is 0 Å². The van der Waals surface area contributed by atoms with Crippen molar-refractivity contribution in [3.63, 3.8) is 0 Å². The van der Waals surface area contributed by atoms with Gasteiger partial charge in [-0.15, -0.1) is 0 Å². The van der Waals surface area contributed by atoms with Gasteiger partial charge in [0.2, 0.25) is 0 Å². The second kappa shape index (κ2) is 2.86. The zero-order chi connectivity index (χ0) is 6.69. The van der Waals surface area contributed by atoms with Gasteiger partial charge in [-0.3, -0.25) is 0 Å². The van der Waals surface area contributed by atoms with E-state index in [0.29, 0.717) is 0 Å². The van der Waals surface area contributed by atoms with E-state index >= 15 is 0 Å². The van der Waals surface area contributed by atoms with Crippen LogP contribution in [0.5, 0.6) is 0 Å². The van der Waals surface area contributed by atoms with Crippen molar-refractivity contribution in [1.82, 2.24) is 0 Å². The van der Waals surface area contributed by atoms with E-state index in [1.807, 2.05) is 0 Å². The summed E-state index contributed by atoms with van der Waals surface area (Å²) in [4.78, 5) is 0. The number of hydrogen-bond donors (Lipinski definition) is 0. The number of hydrogen-bond acceptors (Lipinski definition) is 0. The van der Waals surface area contributed by atoms with Crippen LogP contribution in [0.15, 0.2) is 24.3 Å². The average molecular weight is 123 g/mol. The third-order valence-electron chi connectivity index (χ3n) is 1.82. The Balaban J connectivity index is 0.000000810. The lowest BCUT2D eigenvalue weighted by Gasteiger charge is -2.00. The molecule has 0 fully saturated rings. The molecule has 1 atom stereocenters. The van der Waals surface area contributed by atoms with Gasteiger partial charge in [-0.2, -0.15) is 0 Å². The second-order valence-corrected chi connectivity index (χ2v) is 2.90. The van der Waals surface area contributed by atoms with Crippen LogP contribution in [0.2, 0.25) is 0 Å². The van der Waals surface area contributed by atoms with Gasteiger partial charge in [-0.05, 0) is 25.2 Å². The highest BCUT2D eigenvalue weighted by Gasteiger charge is 2.02. The first kappa shape index (κ1) is 6.60. The third kappa shape index (κ3) is 2.05. The van der Waals surface area contributed by atoms with E-state index in [1.54, 1.807) is 0 Å². The maximum Gasteiger partial charge on any atom is 1.00 e. The molecule has 0 spiro atoms. The molecule has 0 heterocycles. The van der Waals surface area contributed by atoms with Crippen molar-refractivity contribution in [3.05, 3.63) is 24.3 Å². The molecule has 0 bridgehead atoms. The zero-order valence-electron chi connectivity index (χ0n) is 7.06. The Morgan fingerprint density at radius 3 is 3.33 bits per heavy atom. The summed E-state index contributed by atoms with van der Waals surface area (Å²) in [6.07, 6.45) is 8.13. The summed E-state index contributed by atoms with van der Waals surface area (Å²) >= 11 is 0. The fraction of sp³-hybridized carbons (Fsp3) is 0.556. The van der Waals surface area contributed by atoms with Crippen LogP contribution in [0.1, 0.15) is 27.6 Å². The van der Waals surface area contributed by atoms with Gasteiger partial charge >= 0.3 is 1.43 Å². The maximum absolute atomic E-state index is 3.96. The van der Waals surface area contributed by atoms with Crippen molar-refractivity contribution >= 4 is 0 Å². The smallest absolute Gasteiger partial charge is 0.0995 e. The van der Waals surface area contributed by atoms with Crippen molar-refractivity contribution in [1.29, 1.82) is 0 Å². The van der Waals surface area contributed by atoms with Crippen LogP contribution >= 0.6 is 0 Å². The maximum atomic E-state index is 3.96. The molecular weight excluding hydrogens is 108 g/mol. The molecule has 0 heteroatoms. The molecular formula is C9H15+. The van der Waals surface area contributed by atoms with Crippen LogP contribution < -0.4 is 0 Å². The molecule has 0 saturated carbocycles. The molecule has 0 aromatic carbocycles. The average Bonchev–Trinajstić information content (AvgIpc) is 1.97. The predicted molar refractivity (Wildman–Crippen MR) is 42.4 cm³/mol. The van der Waals surface area contributed by atoms with Gasteiger partial charge in [-0.25, -0.2) is 0 Å². The van der Waals surface area contributed by atoms with Gasteiger partial charge in [0.05, 0.1) is 0 Å². The topological polar surface area (TPSA) is 0 Å². The molecule has 0 saturated heterocycles. The molecule has 0 amide bonds. The highest BCUT2D eigenvalue weighted by atomic mass is 14.1. The van der Waals surface area contributed by atoms with Crippen LogP contribution in [0.3, 0.4) is 0 Å². The third-order valence-corrected chi connectivity index (χ3v) is 1.82. The highest BCUT2D eigenvalue weighted by molar-refractivity contribution is 5.06. The van der Waals surface area contributed by atoms with E-state index in [1.165, 1.54) is 18.4 Å². The van der Waals surface area contributed by atoms with Crippen molar-refractivity contribution < 1.29 is 1.43 Å². The van der Waals surface area contributed by atoms with Crippen molar-refractivity contribution in [3.8, 4) is 0 Å². The molecule has 0 radical (unpaired) electrons. The van der Waals surface area contributed by atoms with E-state index in [9.17, 15) is 0 Å². The second-order valence-electron chi connectivity index (χ2n) is 2.90. The van der Waals surface area contributed by atoms with Gasteiger partial charge < -0.3 is 0 Å². The molecule has 1 rings (SSSR count). The number of rotatable bonds is 0. The largest absolute Gasteiger partial charge is 1.00 e. The molecule has 50 valence electrons. The van der Waals surface area contributed by atoms with Crippen LogP contribution in [-0.4, -0.2) is 0 Å². The van der Waals surface area contributed by atoms with E-state index in [2.05, 4.69) is 25.7 Å². The first-order chi connectivity index (χ1) is 4.29. The zero-order valence-corrected chi connectivity index (χ0v) is 6.06. The van der Waals surface area contributed by atoms with Crippen LogP contribution in [-0.2, 0) is 0 Å². The lowest BCUT2D eigenvalue weighted by molar-refractivity contribution is 0.654. The standard InChI is InChI=1S/C9H14/c1-8-4-3-5-9(2)7-6-8/h3,5,9H,1,4,6-7H2,2H3/p+1. The van der Waals surface area contributed by atoms with E-state index in [4.69, 9.17) is 0 Å². The Bertz CT molecular complexity index is 136. The molecule has 0 aliphatic heterocycles. The molecule has 1 aliphatic carbocycles. The van der Waals surface area contributed by atoms with Crippen molar-refractivity contribution in [2.75, 3.05) is 0 Å². The van der Waals surface area contributed by atoms with Crippen molar-refractivity contribution in [2.24, 2.45) is 5.92 Å². The first-order valence-corrected chi connectivity index (χ1v) is 3.62. The molecule has 0 nitrogen and oxygen atoms in total. The van der Waals surface area contributed by atoms with Crippen LogP contribution in [0.4, 0.5) is 0 Å². The molecule has 1 unspecified atom stereocenters. The summed E-state index contributed by atoms with van der Waals surface area (Å²) in [5, 5.41) is 0. The summed E-state index contributed by atoms with van der Waals surface area (Å²) in [6, 6.07) is 0. The Kier molecular flexibility index (Phi) is 2.10. The van der Waals surface area contributed by atoms with Gasteiger partial charge in [0, 0.05) is 0 Å². The molecule has 0 N–H and O–H groups in total. The summed E-state index contributed by atoms with van der Waals surface area (Å²) in [7, 11) is 0. The SMILES string of the molecule is C=C1CC=CC(C)CC1.[H+]. The van der Waals surface area contributed by atoms with Gasteiger partial charge in [-0.1, -0.05) is 31.2 Å². The van der Waals surface area contributed by atoms with Crippen LogP contribution in [0.25, 0.3) is 0 Å². The molecule has 9 heavy (non-hydrogen) atoms. The Morgan fingerprint density at radius 1 is 1.78 bits per heavy atom. The minimum Gasteiger partial charge on any atom is -0.0995 e. The lowest BCUT2D eigenvalue weighted by atomic mass is 10.1. The normalized spacial score (nSPS) is 28.1. The van der Waals surface area contributed by atoms with Crippen LogP contribution in [0, 0.1) is 5.92 Å². The van der Waals surface area contributed by atoms with Gasteiger partial charge in [0.25, 0.3) is 0 Å². The Labute approximate surface area is 58.8 Å². The predicted octanol–water partition coefficient (Wildman–Crippen LogP) is 3.03. The highest BCUT2D eigenvalue weighted by Crippen LogP contribution is 2.18. The minimum atomic E-state index is 0. The van der Waals surface area contributed by atoms with Gasteiger partial charge in [0.15, 0.2) is 0 Å². The fourth-order valence-corrected chi connectivity index (χ4v) is 1.10. The molecule has 0 aromatic heterocycles. The van der Waals surface area contributed by atoms with Crippen molar-refractivity contribution in [2.45, 2.75) is 26.2 Å². The quantitative estimate of drug-likeness (QED) is 0.434. The minimum absolute atomic E-state index is 0. The summed E-state index contributed by atoms with van der Waals surface area (Å²) < 4.78 is 0. The first-order valence-electron chi connectivity index (χ1n) is 3.62. The molecule has 0 aromatic rings.